The minimum atomic E-state index is 0. The first kappa shape index (κ1) is 27.1. The smallest absolute Gasteiger partial charge is 0.191 e. The Kier molecular flexibility index (Phi) is 13.3. The molecule has 3 rings (SSSR count). The number of halogens is 1. The first-order valence-corrected chi connectivity index (χ1v) is 11.9. The van der Waals surface area contributed by atoms with Crippen molar-refractivity contribution in [3.8, 4) is 5.75 Å². The summed E-state index contributed by atoms with van der Waals surface area (Å²) in [4.78, 5) is 7.39. The van der Waals surface area contributed by atoms with E-state index in [-0.39, 0.29) is 30.0 Å². The number of guanidine groups is 1. The Balaban J connectivity index is 0.00000363. The van der Waals surface area contributed by atoms with E-state index in [0.717, 1.165) is 64.1 Å². The molecule has 1 atom stereocenters. The first-order chi connectivity index (χ1) is 15.3. The number of morpholine rings is 1. The molecule has 7 nitrogen and oxygen atoms in total. The highest BCUT2D eigenvalue weighted by atomic mass is 127. The van der Waals surface area contributed by atoms with Gasteiger partial charge in [-0.1, -0.05) is 25.0 Å². The van der Waals surface area contributed by atoms with Crippen LogP contribution in [0.3, 0.4) is 0 Å². The molecule has 1 aromatic rings. The van der Waals surface area contributed by atoms with E-state index in [1.165, 1.54) is 31.2 Å². The molecule has 0 radical (unpaired) electrons. The Morgan fingerprint density at radius 1 is 1.16 bits per heavy atom. The summed E-state index contributed by atoms with van der Waals surface area (Å²) in [6, 6.07) is 8.57. The maximum Gasteiger partial charge on any atom is 0.191 e. The monoisotopic (exact) mass is 560 g/mol. The highest BCUT2D eigenvalue weighted by molar-refractivity contribution is 14.0. The second-order valence-electron chi connectivity index (χ2n) is 8.21. The van der Waals surface area contributed by atoms with Crippen LogP contribution in [-0.2, 0) is 9.47 Å². The molecule has 1 saturated heterocycles. The number of nitrogens with one attached hydrogen (secondary N) is 2. The number of benzene rings is 1. The highest BCUT2D eigenvalue weighted by Gasteiger charge is 2.22. The molecular weight excluding hydrogens is 519 g/mol. The van der Waals surface area contributed by atoms with Crippen LogP contribution >= 0.6 is 24.0 Å². The molecular formula is C24H41IN4O3. The summed E-state index contributed by atoms with van der Waals surface area (Å²) >= 11 is 0. The molecule has 1 aliphatic heterocycles. The predicted molar refractivity (Wildman–Crippen MR) is 140 cm³/mol. The molecule has 0 amide bonds. The standard InChI is InChI=1S/C24H40N4O3.HI/c1-3-25-24(26-13-6-16-31-22-7-4-5-8-22)27-19-23(28-14-17-30-18-15-28)20-9-11-21(29-2)12-10-20;/h9-12,22-23H,3-8,13-19H2,1-2H3,(H2,25,26,27);1H. The van der Waals surface area contributed by atoms with E-state index in [2.05, 4.69) is 34.6 Å². The molecule has 1 heterocycles. The minimum absolute atomic E-state index is 0. The lowest BCUT2D eigenvalue weighted by Gasteiger charge is -2.34. The molecule has 2 N–H and O–H groups in total. The summed E-state index contributed by atoms with van der Waals surface area (Å²) in [5, 5.41) is 6.85. The summed E-state index contributed by atoms with van der Waals surface area (Å²) in [6.45, 7) is 8.72. The van der Waals surface area contributed by atoms with E-state index in [1.807, 2.05) is 12.1 Å². The maximum absolute atomic E-state index is 5.97. The van der Waals surface area contributed by atoms with E-state index in [4.69, 9.17) is 19.2 Å². The number of hydrogen-bond donors (Lipinski definition) is 2. The maximum atomic E-state index is 5.97. The van der Waals surface area contributed by atoms with Gasteiger partial charge in [-0.2, -0.15) is 0 Å². The normalized spacial score (nSPS) is 18.8. The van der Waals surface area contributed by atoms with Gasteiger partial charge in [-0.15, -0.1) is 24.0 Å². The summed E-state index contributed by atoms with van der Waals surface area (Å²) in [5.41, 5.74) is 1.26. The number of rotatable bonds is 11. The van der Waals surface area contributed by atoms with Crippen LogP contribution in [0.4, 0.5) is 0 Å². The van der Waals surface area contributed by atoms with Crippen molar-refractivity contribution in [1.29, 1.82) is 0 Å². The topological polar surface area (TPSA) is 67.4 Å². The summed E-state index contributed by atoms with van der Waals surface area (Å²) in [5.74, 6) is 1.75. The van der Waals surface area contributed by atoms with Gasteiger partial charge in [-0.3, -0.25) is 9.89 Å². The van der Waals surface area contributed by atoms with Gasteiger partial charge in [0, 0.05) is 32.8 Å². The Morgan fingerprint density at radius 3 is 2.53 bits per heavy atom. The van der Waals surface area contributed by atoms with E-state index in [0.29, 0.717) is 12.6 Å². The number of ether oxygens (including phenoxy) is 3. The van der Waals surface area contributed by atoms with Crippen LogP contribution in [0.1, 0.15) is 50.6 Å². The van der Waals surface area contributed by atoms with Crippen LogP contribution < -0.4 is 15.4 Å². The summed E-state index contributed by atoms with van der Waals surface area (Å²) in [6.07, 6.45) is 6.57. The van der Waals surface area contributed by atoms with Crippen molar-refractivity contribution in [2.75, 3.05) is 59.7 Å². The zero-order valence-corrected chi connectivity index (χ0v) is 22.0. The molecule has 0 bridgehead atoms. The third-order valence-electron chi connectivity index (χ3n) is 6.02. The van der Waals surface area contributed by atoms with E-state index < -0.39 is 0 Å². The van der Waals surface area contributed by atoms with Gasteiger partial charge in [-0.05, 0) is 43.9 Å². The van der Waals surface area contributed by atoms with Gasteiger partial charge >= 0.3 is 0 Å². The fourth-order valence-electron chi connectivity index (χ4n) is 4.25. The van der Waals surface area contributed by atoms with E-state index >= 15 is 0 Å². The molecule has 8 heteroatoms. The van der Waals surface area contributed by atoms with Crippen LogP contribution in [0.2, 0.25) is 0 Å². The van der Waals surface area contributed by atoms with Crippen molar-refractivity contribution in [2.24, 2.45) is 4.99 Å². The molecule has 1 unspecified atom stereocenters. The fraction of sp³-hybridized carbons (Fsp3) is 0.708. The van der Waals surface area contributed by atoms with Crippen LogP contribution in [-0.4, -0.2) is 76.6 Å². The van der Waals surface area contributed by atoms with Gasteiger partial charge in [0.1, 0.15) is 5.75 Å². The van der Waals surface area contributed by atoms with E-state index in [1.54, 1.807) is 7.11 Å². The van der Waals surface area contributed by atoms with Gasteiger partial charge in [-0.25, -0.2) is 0 Å². The summed E-state index contributed by atoms with van der Waals surface area (Å²) < 4.78 is 16.9. The van der Waals surface area contributed by atoms with Crippen molar-refractivity contribution < 1.29 is 14.2 Å². The molecule has 2 fully saturated rings. The van der Waals surface area contributed by atoms with Crippen LogP contribution in [0.5, 0.6) is 5.75 Å². The molecule has 32 heavy (non-hydrogen) atoms. The molecule has 1 aliphatic carbocycles. The average molecular weight is 561 g/mol. The van der Waals surface area contributed by atoms with Gasteiger partial charge in [0.15, 0.2) is 5.96 Å². The van der Waals surface area contributed by atoms with Gasteiger partial charge in [0.25, 0.3) is 0 Å². The second-order valence-corrected chi connectivity index (χ2v) is 8.21. The predicted octanol–water partition coefficient (Wildman–Crippen LogP) is 3.59. The van der Waals surface area contributed by atoms with Gasteiger partial charge in [0.05, 0.1) is 39.0 Å². The third kappa shape index (κ3) is 9.03. The number of nitrogens with zero attached hydrogens (tertiary/aromatic N) is 2. The molecule has 2 aliphatic rings. The molecule has 0 aromatic heterocycles. The Morgan fingerprint density at radius 2 is 1.88 bits per heavy atom. The molecule has 0 spiro atoms. The van der Waals surface area contributed by atoms with Crippen molar-refractivity contribution in [1.82, 2.24) is 15.5 Å². The van der Waals surface area contributed by atoms with Crippen LogP contribution in [0.25, 0.3) is 0 Å². The minimum Gasteiger partial charge on any atom is -0.497 e. The van der Waals surface area contributed by atoms with Gasteiger partial charge < -0.3 is 24.8 Å². The number of aliphatic imine (C=N–C) groups is 1. The highest BCUT2D eigenvalue weighted by Crippen LogP contribution is 2.24. The second kappa shape index (κ2) is 15.7. The quantitative estimate of drug-likeness (QED) is 0.187. The van der Waals surface area contributed by atoms with Crippen molar-refractivity contribution >= 4 is 29.9 Å². The average Bonchev–Trinajstić information content (AvgIpc) is 3.33. The van der Waals surface area contributed by atoms with E-state index in [9.17, 15) is 0 Å². The largest absolute Gasteiger partial charge is 0.497 e. The molecule has 1 saturated carbocycles. The third-order valence-corrected chi connectivity index (χ3v) is 6.02. The summed E-state index contributed by atoms with van der Waals surface area (Å²) in [7, 11) is 1.70. The lowest BCUT2D eigenvalue weighted by molar-refractivity contribution is 0.0179. The SMILES string of the molecule is CCNC(=NCC(c1ccc(OC)cc1)N1CCOCC1)NCCCOC1CCCC1.I. The lowest BCUT2D eigenvalue weighted by atomic mass is 10.0. The van der Waals surface area contributed by atoms with Crippen molar-refractivity contribution in [3.63, 3.8) is 0 Å². The molecule has 182 valence electrons. The molecule has 1 aromatic carbocycles. The zero-order valence-electron chi connectivity index (χ0n) is 19.7. The fourth-order valence-corrected chi connectivity index (χ4v) is 4.25. The Labute approximate surface area is 210 Å². The van der Waals surface area contributed by atoms with Crippen LogP contribution in [0.15, 0.2) is 29.3 Å². The van der Waals surface area contributed by atoms with Crippen LogP contribution in [0, 0.1) is 0 Å². The number of methoxy groups -OCH3 is 1. The Bertz CT molecular complexity index is 647. The van der Waals surface area contributed by atoms with Gasteiger partial charge in [0.2, 0.25) is 0 Å². The zero-order chi connectivity index (χ0) is 21.7. The van der Waals surface area contributed by atoms with Crippen molar-refractivity contribution in [3.05, 3.63) is 29.8 Å². The first-order valence-electron chi connectivity index (χ1n) is 11.9. The lowest BCUT2D eigenvalue weighted by Crippen LogP contribution is -2.42. The number of hydrogen-bond acceptors (Lipinski definition) is 5. The Hall–Kier alpha value is -1.10. The van der Waals surface area contributed by atoms with Crippen molar-refractivity contribution in [2.45, 2.75) is 51.2 Å².